The molecule has 76 heavy (non-hydrogen) atoms. The highest BCUT2D eigenvalue weighted by atomic mass is 31.2. The molecule has 1 aromatic heterocycles. The second-order valence-corrected chi connectivity index (χ2v) is 21.4. The molecule has 1 aliphatic rings. The topological polar surface area (TPSA) is 216 Å². The minimum atomic E-state index is -4.65. The molecule has 1 unspecified atom stereocenters. The molecule has 0 saturated carbocycles. The van der Waals surface area contributed by atoms with Gasteiger partial charge < -0.3 is 29.6 Å². The highest BCUT2D eigenvalue weighted by Gasteiger charge is 2.32. The summed E-state index contributed by atoms with van der Waals surface area (Å²) in [5.41, 5.74) is 7.81. The van der Waals surface area contributed by atoms with Gasteiger partial charge in [-0.15, -0.1) is 0 Å². The molecule has 17 heteroatoms. The number of carbonyl (C=O) groups excluding carboxylic acids is 4. The first-order valence-corrected chi connectivity index (χ1v) is 30.4. The largest absolute Gasteiger partial charge is 0.472 e. The number of nitrogens with two attached hydrogens (primary N) is 1. The minimum absolute atomic E-state index is 0.0165. The Morgan fingerprint density at radius 2 is 1.18 bits per heavy atom. The standard InChI is InChI=1S/C59H95N4O12P/c1-4-6-8-10-12-14-16-18-20-22-24-26-28-30-32-36-55(66)72-47-51(75-56(67)37-33-31-29-27-25-23-21-19-17-15-13-11-9-7-5-2)48-74-76(68,69)73-42-34-35-53(64)50-40-38-49(39-41-50)46-63-54(65)45-52-57(60)61-59(62-58(52)63)71-44-43-70-3/h18-21,38-41,51H,4-17,22-37,42-48H2,1-3H3,(H,68,69)(H2,60,61,62)/b20-18-,21-19+/t51-/m1/s1. The van der Waals surface area contributed by atoms with E-state index >= 15 is 0 Å². The number of esters is 2. The molecule has 1 amide bonds. The van der Waals surface area contributed by atoms with E-state index < -0.39 is 32.5 Å². The van der Waals surface area contributed by atoms with E-state index in [1.54, 1.807) is 31.4 Å². The Balaban J connectivity index is 1.40. The molecule has 3 N–H and O–H groups in total. The molecule has 0 radical (unpaired) electrons. The van der Waals surface area contributed by atoms with Gasteiger partial charge in [-0.25, -0.2) is 4.57 Å². The molecule has 2 aromatic rings. The summed E-state index contributed by atoms with van der Waals surface area (Å²) in [5.74, 6) is -0.814. The number of ether oxygens (including phenoxy) is 4. The SMILES string of the molecule is CCCCCCCC/C=C\CCCCCCCC(=O)OC[C@H](COP(=O)(O)OCCCC(=O)c1ccc(CN2C(=O)Cc3c(N)nc(OCCOC)nc32)cc1)OC(=O)CCCCCCC/C=C/CCCCCCCC. The second kappa shape index (κ2) is 41.6. The molecule has 0 fully saturated rings. The first kappa shape index (κ1) is 65.8. The zero-order chi connectivity index (χ0) is 54.9. The Hall–Kier alpha value is -4.47. The van der Waals surface area contributed by atoms with Crippen molar-refractivity contribution in [2.45, 2.75) is 226 Å². The van der Waals surface area contributed by atoms with Crippen molar-refractivity contribution >= 4 is 43.1 Å². The number of fused-ring (bicyclic) bond motifs is 1. The Morgan fingerprint density at radius 3 is 1.74 bits per heavy atom. The van der Waals surface area contributed by atoms with Crippen molar-refractivity contribution in [3.05, 3.63) is 65.3 Å². The molecule has 1 aliphatic heterocycles. The number of hydrogen-bond donors (Lipinski definition) is 2. The van der Waals surface area contributed by atoms with Crippen LogP contribution < -0.4 is 15.4 Å². The first-order chi connectivity index (χ1) is 37.0. The highest BCUT2D eigenvalue weighted by molar-refractivity contribution is 7.47. The van der Waals surface area contributed by atoms with Crippen molar-refractivity contribution in [3.63, 3.8) is 0 Å². The molecule has 428 valence electrons. The van der Waals surface area contributed by atoms with Gasteiger partial charge in [-0.3, -0.25) is 33.1 Å². The van der Waals surface area contributed by atoms with Gasteiger partial charge in [0.05, 0.1) is 32.8 Å². The summed E-state index contributed by atoms with van der Waals surface area (Å²) in [6.07, 6.45) is 38.2. The summed E-state index contributed by atoms with van der Waals surface area (Å²) in [6.45, 7) is 4.09. The van der Waals surface area contributed by atoms with E-state index in [1.165, 1.54) is 81.9 Å². The highest BCUT2D eigenvalue weighted by Crippen LogP contribution is 2.43. The number of carbonyl (C=O) groups is 4. The Bertz CT molecular complexity index is 2030. The number of nitrogen functional groups attached to an aromatic ring is 1. The Morgan fingerprint density at radius 1 is 0.658 bits per heavy atom. The number of hydrogen-bond acceptors (Lipinski definition) is 14. The monoisotopic (exact) mass is 1080 g/mol. The molecule has 2 heterocycles. The zero-order valence-corrected chi connectivity index (χ0v) is 47.6. The van der Waals surface area contributed by atoms with Crippen LogP contribution >= 0.6 is 7.82 Å². The summed E-state index contributed by atoms with van der Waals surface area (Å²) in [5, 5.41) is 0. The smallest absolute Gasteiger partial charge is 0.462 e. The lowest BCUT2D eigenvalue weighted by molar-refractivity contribution is -0.161. The van der Waals surface area contributed by atoms with Crippen molar-refractivity contribution < 1.29 is 56.6 Å². The maximum absolute atomic E-state index is 13.1. The van der Waals surface area contributed by atoms with Gasteiger partial charge in [0.15, 0.2) is 11.9 Å². The summed E-state index contributed by atoms with van der Waals surface area (Å²) < 4.78 is 45.0. The number of amides is 1. The molecular weight excluding hydrogens is 988 g/mol. The number of Topliss-reactive ketones (excluding diaryl/α,β-unsaturated/α-hetero) is 1. The van der Waals surface area contributed by atoms with Crippen molar-refractivity contribution in [2.75, 3.05) is 50.8 Å². The van der Waals surface area contributed by atoms with Gasteiger partial charge in [-0.05, 0) is 76.2 Å². The van der Waals surface area contributed by atoms with Gasteiger partial charge in [-0.1, -0.05) is 165 Å². The van der Waals surface area contributed by atoms with Crippen LogP contribution in [0.15, 0.2) is 48.6 Å². The summed E-state index contributed by atoms with van der Waals surface area (Å²) in [4.78, 5) is 72.3. The average Bonchev–Trinajstić information content (AvgIpc) is 3.74. The van der Waals surface area contributed by atoms with E-state index in [4.69, 9.17) is 33.7 Å². The number of benzene rings is 1. The van der Waals surface area contributed by atoms with E-state index in [1.807, 2.05) is 0 Å². The first-order valence-electron chi connectivity index (χ1n) is 28.9. The van der Waals surface area contributed by atoms with Crippen LogP contribution in [0.4, 0.5) is 11.6 Å². The van der Waals surface area contributed by atoms with Gasteiger partial charge in [0.25, 0.3) is 0 Å². The molecule has 0 spiro atoms. The fourth-order valence-corrected chi connectivity index (χ4v) is 9.51. The minimum Gasteiger partial charge on any atom is -0.462 e. The Kier molecular flexibility index (Phi) is 36.0. The molecule has 0 saturated heterocycles. The van der Waals surface area contributed by atoms with Crippen molar-refractivity contribution in [1.82, 2.24) is 9.97 Å². The van der Waals surface area contributed by atoms with Gasteiger partial charge in [-0.2, -0.15) is 9.97 Å². The van der Waals surface area contributed by atoms with Crippen LogP contribution in [0.2, 0.25) is 0 Å². The number of ketones is 1. The molecule has 16 nitrogen and oxygen atoms in total. The van der Waals surface area contributed by atoms with Crippen molar-refractivity contribution in [1.29, 1.82) is 0 Å². The van der Waals surface area contributed by atoms with E-state index in [-0.39, 0.29) is 82.0 Å². The lowest BCUT2D eigenvalue weighted by Crippen LogP contribution is -2.29. The quantitative estimate of drug-likeness (QED) is 0.0207. The summed E-state index contributed by atoms with van der Waals surface area (Å²) in [6, 6.07) is 6.83. The molecule has 1 aromatic carbocycles. The third-order valence-electron chi connectivity index (χ3n) is 13.3. The number of nitrogens with zero attached hydrogens (tertiary/aromatic N) is 3. The van der Waals surface area contributed by atoms with E-state index in [0.717, 1.165) is 82.6 Å². The van der Waals surface area contributed by atoms with Crippen molar-refractivity contribution in [2.24, 2.45) is 0 Å². The molecular formula is C59H95N4O12P. The number of rotatable bonds is 48. The van der Waals surface area contributed by atoms with Crippen LogP contribution in [-0.2, 0) is 55.2 Å². The van der Waals surface area contributed by atoms with Gasteiger partial charge in [0.2, 0.25) is 5.91 Å². The number of phosphoric acid groups is 1. The van der Waals surface area contributed by atoms with Crippen LogP contribution in [-0.4, -0.2) is 84.7 Å². The number of aromatic nitrogens is 2. The number of anilines is 2. The fraction of sp³-hybridized carbons (Fsp3) is 0.695. The van der Waals surface area contributed by atoms with Crippen LogP contribution in [0.3, 0.4) is 0 Å². The predicted molar refractivity (Wildman–Crippen MR) is 300 cm³/mol. The van der Waals surface area contributed by atoms with E-state index in [2.05, 4.69) is 48.1 Å². The number of phosphoric ester groups is 1. The second-order valence-electron chi connectivity index (χ2n) is 20.0. The molecule has 0 aliphatic carbocycles. The Labute approximate surface area is 455 Å². The maximum Gasteiger partial charge on any atom is 0.472 e. The summed E-state index contributed by atoms with van der Waals surface area (Å²) >= 11 is 0. The fourth-order valence-electron chi connectivity index (χ4n) is 8.72. The van der Waals surface area contributed by atoms with Crippen LogP contribution in [0, 0.1) is 0 Å². The van der Waals surface area contributed by atoms with Crippen molar-refractivity contribution in [3.8, 4) is 6.01 Å². The zero-order valence-electron chi connectivity index (χ0n) is 46.7. The molecule has 0 bridgehead atoms. The lowest BCUT2D eigenvalue weighted by Gasteiger charge is -2.20. The summed E-state index contributed by atoms with van der Waals surface area (Å²) in [7, 11) is -3.10. The predicted octanol–water partition coefficient (Wildman–Crippen LogP) is 13.8. The maximum atomic E-state index is 13.1. The number of methoxy groups -OCH3 is 1. The number of unbranched alkanes of at least 4 members (excludes halogenated alkanes) is 22. The normalized spacial score (nSPS) is 13.6. The van der Waals surface area contributed by atoms with Gasteiger partial charge in [0.1, 0.15) is 24.8 Å². The van der Waals surface area contributed by atoms with Gasteiger partial charge in [0, 0.05) is 37.5 Å². The third kappa shape index (κ3) is 30.5. The third-order valence-corrected chi connectivity index (χ3v) is 14.2. The van der Waals surface area contributed by atoms with E-state index in [0.29, 0.717) is 36.4 Å². The average molecular weight is 1080 g/mol. The van der Waals surface area contributed by atoms with E-state index in [9.17, 15) is 28.6 Å². The molecule has 2 atom stereocenters. The number of allylic oxidation sites excluding steroid dienone is 4. The lowest BCUT2D eigenvalue weighted by atomic mass is 10.0. The molecule has 3 rings (SSSR count). The van der Waals surface area contributed by atoms with Crippen LogP contribution in [0.25, 0.3) is 0 Å². The van der Waals surface area contributed by atoms with Gasteiger partial charge >= 0.3 is 25.8 Å². The van der Waals surface area contributed by atoms with Crippen LogP contribution in [0.1, 0.15) is 228 Å². The van der Waals surface area contributed by atoms with Crippen LogP contribution in [0.5, 0.6) is 6.01 Å².